The highest BCUT2D eigenvalue weighted by Gasteiger charge is 2.62. The molecule has 17 unspecified atom stereocenters. The van der Waals surface area contributed by atoms with Crippen LogP contribution >= 0.6 is 0 Å². The van der Waals surface area contributed by atoms with E-state index in [0.717, 1.165) is 0 Å². The number of ether oxygens (including phenoxy) is 7. The average molecular weight is 667 g/mol. The van der Waals surface area contributed by atoms with E-state index in [4.69, 9.17) is 33.2 Å². The first-order valence-electron chi connectivity index (χ1n) is 14.0. The van der Waals surface area contributed by atoms with Crippen molar-refractivity contribution in [3.63, 3.8) is 0 Å². The number of aliphatic hydroxyl groups excluding tert-OH is 14. The van der Waals surface area contributed by atoms with Crippen molar-refractivity contribution in [2.24, 2.45) is 0 Å². The third kappa shape index (κ3) is 6.49. The lowest BCUT2D eigenvalue weighted by Gasteiger charge is -2.44. The highest BCUT2D eigenvalue weighted by Crippen LogP contribution is 2.39. The zero-order chi connectivity index (χ0) is 33.5. The molecule has 4 heterocycles. The molecular weight excluding hydrogens is 624 g/mol. The summed E-state index contributed by atoms with van der Waals surface area (Å²) in [5.74, 6) is -7.36. The van der Waals surface area contributed by atoms with Crippen molar-refractivity contribution >= 4 is 0 Å². The van der Waals surface area contributed by atoms with Crippen LogP contribution in [0.4, 0.5) is 0 Å². The fourth-order valence-electron chi connectivity index (χ4n) is 5.65. The van der Waals surface area contributed by atoms with Crippen molar-refractivity contribution in [3.05, 3.63) is 0 Å². The maximum absolute atomic E-state index is 10.9. The van der Waals surface area contributed by atoms with Gasteiger partial charge >= 0.3 is 0 Å². The fraction of sp³-hybridized carbons (Fsp3) is 1.00. The molecule has 0 aromatic carbocycles. The minimum absolute atomic E-state index is 0.789. The molecule has 17 atom stereocenters. The van der Waals surface area contributed by atoms with Crippen LogP contribution in [0.5, 0.6) is 0 Å². The summed E-state index contributed by atoms with van der Waals surface area (Å²) in [5, 5.41) is 142. The van der Waals surface area contributed by atoms with Crippen molar-refractivity contribution in [1.82, 2.24) is 0 Å². The van der Waals surface area contributed by atoms with Crippen molar-refractivity contribution in [2.45, 2.75) is 103 Å². The molecule has 4 aliphatic rings. The Morgan fingerprint density at radius 1 is 0.467 bits per heavy atom. The summed E-state index contributed by atoms with van der Waals surface area (Å²) in [6.07, 6.45) is -25.3. The average Bonchev–Trinajstić information content (AvgIpc) is 3.55. The largest absolute Gasteiger partial charge is 0.394 e. The van der Waals surface area contributed by atoms with Gasteiger partial charge < -0.3 is 105 Å². The van der Waals surface area contributed by atoms with E-state index in [1.165, 1.54) is 0 Å². The standard InChI is InChI=1S/C24H42O21/c25-1-8-13(31)18(36)22(5-28,42-8)40-7-24(20(38)15(33)10(3-27)44-24)39-4-11-12(30)16(34)17(35)21(41-11)45-23(6-29)19(37)14(32)9(2-26)43-23/h8-21,25-38H,1-7H2. The van der Waals surface area contributed by atoms with E-state index in [2.05, 4.69) is 0 Å². The smallest absolute Gasteiger partial charge is 0.224 e. The molecule has 0 bridgehead atoms. The third-order valence-electron chi connectivity index (χ3n) is 8.49. The van der Waals surface area contributed by atoms with Crippen molar-refractivity contribution in [3.8, 4) is 0 Å². The molecule has 0 saturated carbocycles. The van der Waals surface area contributed by atoms with Crippen LogP contribution in [0, 0.1) is 0 Å². The number of hydrogen-bond donors (Lipinski definition) is 14. The predicted octanol–water partition coefficient (Wildman–Crippen LogP) is -9.74. The maximum Gasteiger partial charge on any atom is 0.224 e. The summed E-state index contributed by atoms with van der Waals surface area (Å²) in [7, 11) is 0. The van der Waals surface area contributed by atoms with Gasteiger partial charge in [-0.3, -0.25) is 0 Å². The Balaban J connectivity index is 1.54. The van der Waals surface area contributed by atoms with Gasteiger partial charge in [-0.25, -0.2) is 0 Å². The Kier molecular flexibility index (Phi) is 11.8. The molecule has 21 nitrogen and oxygen atoms in total. The molecule has 4 fully saturated rings. The summed E-state index contributed by atoms with van der Waals surface area (Å²) in [5.41, 5.74) is 0. The van der Waals surface area contributed by atoms with Gasteiger partial charge in [-0.1, -0.05) is 0 Å². The number of aliphatic hydroxyl groups is 14. The quantitative estimate of drug-likeness (QED) is 0.0867. The molecule has 4 saturated heterocycles. The van der Waals surface area contributed by atoms with Crippen LogP contribution in [-0.4, -0.2) is 221 Å². The Labute approximate surface area is 254 Å². The summed E-state index contributed by atoms with van der Waals surface area (Å²) in [6.45, 7) is -6.57. The lowest BCUT2D eigenvalue weighted by Crippen LogP contribution is -2.63. The monoisotopic (exact) mass is 666 g/mol. The minimum Gasteiger partial charge on any atom is -0.394 e. The van der Waals surface area contributed by atoms with Gasteiger partial charge in [0.1, 0.15) is 99.2 Å². The summed E-state index contributed by atoms with van der Waals surface area (Å²) in [4.78, 5) is 0. The molecule has 264 valence electrons. The van der Waals surface area contributed by atoms with Gasteiger partial charge in [0.2, 0.25) is 17.4 Å². The van der Waals surface area contributed by atoms with Crippen LogP contribution in [0.1, 0.15) is 0 Å². The van der Waals surface area contributed by atoms with E-state index in [0.29, 0.717) is 0 Å². The summed E-state index contributed by atoms with van der Waals surface area (Å²) in [6, 6.07) is 0. The van der Waals surface area contributed by atoms with E-state index < -0.39 is 149 Å². The molecule has 0 aromatic rings. The van der Waals surface area contributed by atoms with E-state index in [-0.39, 0.29) is 0 Å². The van der Waals surface area contributed by atoms with Gasteiger partial charge in [-0.2, -0.15) is 0 Å². The first kappa shape index (κ1) is 37.0. The second kappa shape index (κ2) is 14.3. The molecule has 45 heavy (non-hydrogen) atoms. The van der Waals surface area contributed by atoms with Gasteiger partial charge in [0.15, 0.2) is 6.29 Å². The number of rotatable bonds is 13. The zero-order valence-electron chi connectivity index (χ0n) is 23.7. The summed E-state index contributed by atoms with van der Waals surface area (Å²) < 4.78 is 38.2. The SMILES string of the molecule is OCC1OC(CO)(OCC2(OCC3OC(OC4(CO)OC(CO)C(O)C4O)C(O)C(O)C3O)OC(CO)C(O)C2O)C(O)C1O. The van der Waals surface area contributed by atoms with E-state index in [1.54, 1.807) is 0 Å². The van der Waals surface area contributed by atoms with Gasteiger partial charge in [-0.15, -0.1) is 0 Å². The lowest BCUT2D eigenvalue weighted by atomic mass is 9.98. The van der Waals surface area contributed by atoms with E-state index >= 15 is 0 Å². The fourth-order valence-corrected chi connectivity index (χ4v) is 5.65. The second-order valence-corrected chi connectivity index (χ2v) is 11.3. The van der Waals surface area contributed by atoms with Gasteiger partial charge in [0.25, 0.3) is 0 Å². The van der Waals surface area contributed by atoms with E-state index in [9.17, 15) is 71.5 Å². The van der Waals surface area contributed by atoms with E-state index in [1.807, 2.05) is 0 Å². The van der Waals surface area contributed by atoms with Crippen LogP contribution in [-0.2, 0) is 33.2 Å². The molecule has 0 radical (unpaired) electrons. The molecule has 0 aliphatic carbocycles. The van der Waals surface area contributed by atoms with Crippen LogP contribution in [0.15, 0.2) is 0 Å². The molecular formula is C24H42O21. The maximum atomic E-state index is 10.9. The van der Waals surface area contributed by atoms with Crippen LogP contribution in [0.2, 0.25) is 0 Å². The normalized spacial score (nSPS) is 52.1. The number of hydrogen-bond acceptors (Lipinski definition) is 21. The molecule has 0 spiro atoms. The first-order valence-corrected chi connectivity index (χ1v) is 14.0. The Bertz CT molecular complexity index is 964. The third-order valence-corrected chi connectivity index (χ3v) is 8.49. The molecule has 4 rings (SSSR count). The predicted molar refractivity (Wildman–Crippen MR) is 134 cm³/mol. The minimum atomic E-state index is -2.49. The van der Waals surface area contributed by atoms with Crippen LogP contribution in [0.3, 0.4) is 0 Å². The topological polar surface area (TPSA) is 348 Å². The molecule has 4 aliphatic heterocycles. The van der Waals surface area contributed by atoms with Crippen molar-refractivity contribution < 1.29 is 105 Å². The molecule has 0 aromatic heterocycles. The zero-order valence-corrected chi connectivity index (χ0v) is 23.7. The molecule has 14 N–H and O–H groups in total. The van der Waals surface area contributed by atoms with Gasteiger partial charge in [0, 0.05) is 0 Å². The van der Waals surface area contributed by atoms with Gasteiger partial charge in [-0.05, 0) is 0 Å². The van der Waals surface area contributed by atoms with Crippen LogP contribution in [0.25, 0.3) is 0 Å². The second-order valence-electron chi connectivity index (χ2n) is 11.3. The first-order chi connectivity index (χ1) is 21.2. The van der Waals surface area contributed by atoms with Crippen LogP contribution < -0.4 is 0 Å². The summed E-state index contributed by atoms with van der Waals surface area (Å²) >= 11 is 0. The Morgan fingerprint density at radius 3 is 1.38 bits per heavy atom. The lowest BCUT2D eigenvalue weighted by molar-refractivity contribution is -0.391. The highest BCUT2D eigenvalue weighted by atomic mass is 16.8. The highest BCUT2D eigenvalue weighted by molar-refractivity contribution is 5.02. The van der Waals surface area contributed by atoms with Crippen molar-refractivity contribution in [1.29, 1.82) is 0 Å². The molecule has 0 amide bonds. The van der Waals surface area contributed by atoms with Gasteiger partial charge in [0.05, 0.1) is 26.4 Å². The molecule has 21 heteroatoms. The Hall–Kier alpha value is -0.840. The van der Waals surface area contributed by atoms with Crippen molar-refractivity contribution in [2.75, 3.05) is 46.2 Å². The Morgan fingerprint density at radius 2 is 0.911 bits per heavy atom.